The van der Waals surface area contributed by atoms with Gasteiger partial charge in [-0.3, -0.25) is 9.59 Å². The number of benzene rings is 2. The van der Waals surface area contributed by atoms with Gasteiger partial charge in [-0.25, -0.2) is 0 Å². The first-order valence-corrected chi connectivity index (χ1v) is 10.5. The van der Waals surface area contributed by atoms with Crippen LogP contribution in [0, 0.1) is 0 Å². The number of rotatable bonds is 4. The van der Waals surface area contributed by atoms with Crippen LogP contribution < -0.4 is 0 Å². The van der Waals surface area contributed by atoms with Crippen LogP contribution >= 0.6 is 0 Å². The summed E-state index contributed by atoms with van der Waals surface area (Å²) in [5.74, 6) is 0.113. The first kappa shape index (κ1) is 19.4. The number of hydrogen-bond donors (Lipinski definition) is 0. The summed E-state index contributed by atoms with van der Waals surface area (Å²) >= 11 is 0. The fourth-order valence-corrected chi connectivity index (χ4v) is 4.22. The number of nitrogens with zero attached hydrogens (tertiary/aromatic N) is 3. The van der Waals surface area contributed by atoms with Crippen molar-refractivity contribution in [3.63, 3.8) is 0 Å². The van der Waals surface area contributed by atoms with Crippen molar-refractivity contribution >= 4 is 28.3 Å². The number of amides is 2. The summed E-state index contributed by atoms with van der Waals surface area (Å²) < 4.78 is 5.18. The van der Waals surface area contributed by atoms with Crippen LogP contribution in [-0.2, 0) is 16.1 Å². The molecule has 2 aromatic carbocycles. The second-order valence-electron chi connectivity index (χ2n) is 7.87. The Morgan fingerprint density at radius 2 is 1.71 bits per heavy atom. The zero-order valence-electron chi connectivity index (χ0n) is 17.1. The maximum Gasteiger partial charge on any atom is 0.289 e. The fraction of sp³-hybridized carbons (Fsp3) is 0.292. The third-order valence-corrected chi connectivity index (χ3v) is 5.89. The average molecular weight is 417 g/mol. The molecule has 3 heterocycles. The Labute approximate surface area is 179 Å². The van der Waals surface area contributed by atoms with Crippen LogP contribution in [-0.4, -0.2) is 59.6 Å². The molecule has 0 unspecified atom stereocenters. The Morgan fingerprint density at radius 1 is 0.935 bits per heavy atom. The lowest BCUT2D eigenvalue weighted by atomic mass is 9.98. The van der Waals surface area contributed by atoms with E-state index in [4.69, 9.17) is 9.25 Å². The van der Waals surface area contributed by atoms with E-state index in [9.17, 15) is 9.59 Å². The van der Waals surface area contributed by atoms with E-state index in [-0.39, 0.29) is 11.8 Å². The minimum Gasteiger partial charge on any atom is -0.459 e. The molecule has 1 atom stereocenters. The largest absolute Gasteiger partial charge is 0.459 e. The van der Waals surface area contributed by atoms with E-state index in [2.05, 4.69) is 29.4 Å². The molecule has 0 spiro atoms. The van der Waals surface area contributed by atoms with Gasteiger partial charge in [-0.05, 0) is 28.5 Å². The van der Waals surface area contributed by atoms with Crippen LogP contribution in [0.2, 0.25) is 0 Å². The Balaban J connectivity index is 1.17. The van der Waals surface area contributed by atoms with Crippen LogP contribution in [0.1, 0.15) is 22.5 Å². The van der Waals surface area contributed by atoms with Crippen molar-refractivity contribution in [3.8, 4) is 0 Å². The van der Waals surface area contributed by atoms with Gasteiger partial charge in [0.15, 0.2) is 5.76 Å². The van der Waals surface area contributed by atoms with Gasteiger partial charge in [0.25, 0.3) is 11.8 Å². The smallest absolute Gasteiger partial charge is 0.289 e. The molecule has 1 saturated heterocycles. The van der Waals surface area contributed by atoms with Crippen LogP contribution in [0.25, 0.3) is 10.8 Å². The Bertz CT molecular complexity index is 1130. The zero-order chi connectivity index (χ0) is 21.2. The number of oxime groups is 1. The number of hydrogen-bond acceptors (Lipinski definition) is 5. The standard InChI is InChI=1S/C24H23N3O4/c28-23(21-9-4-14-30-21)26-10-12-27(13-11-26)24(29)22-16-19(25-31-22)15-18-7-3-6-17-5-1-2-8-20(17)18/h1-9,14,22H,10-13,15-16H2/t22-/m1/s1. The highest BCUT2D eigenvalue weighted by atomic mass is 16.6. The Hall–Kier alpha value is -3.61. The summed E-state index contributed by atoms with van der Waals surface area (Å²) in [6, 6.07) is 17.8. The second-order valence-corrected chi connectivity index (χ2v) is 7.87. The predicted octanol–water partition coefficient (Wildman–Crippen LogP) is 3.10. The number of carbonyl (C=O) groups is 2. The molecule has 2 amide bonds. The molecule has 7 nitrogen and oxygen atoms in total. The lowest BCUT2D eigenvalue weighted by molar-refractivity contribution is -0.143. The summed E-state index contributed by atoms with van der Waals surface area (Å²) in [5.41, 5.74) is 2.06. The van der Waals surface area contributed by atoms with Gasteiger partial charge in [-0.2, -0.15) is 0 Å². The summed E-state index contributed by atoms with van der Waals surface area (Å²) in [4.78, 5) is 34.3. The molecular weight excluding hydrogens is 394 g/mol. The lowest BCUT2D eigenvalue weighted by Gasteiger charge is -2.35. The first-order valence-electron chi connectivity index (χ1n) is 10.5. The van der Waals surface area contributed by atoms with Gasteiger partial charge in [-0.15, -0.1) is 0 Å². The van der Waals surface area contributed by atoms with E-state index < -0.39 is 6.10 Å². The fourth-order valence-electron chi connectivity index (χ4n) is 4.22. The van der Waals surface area contributed by atoms with Gasteiger partial charge in [0.1, 0.15) is 0 Å². The van der Waals surface area contributed by atoms with Gasteiger partial charge in [0.05, 0.1) is 12.0 Å². The topological polar surface area (TPSA) is 75.4 Å². The van der Waals surface area contributed by atoms with Crippen molar-refractivity contribution < 1.29 is 18.8 Å². The molecule has 0 aliphatic carbocycles. The van der Waals surface area contributed by atoms with E-state index in [1.54, 1.807) is 21.9 Å². The second kappa shape index (κ2) is 8.26. The molecule has 1 fully saturated rings. The molecule has 1 aromatic heterocycles. The van der Waals surface area contributed by atoms with Crippen molar-refractivity contribution in [2.45, 2.75) is 18.9 Å². The van der Waals surface area contributed by atoms with E-state index >= 15 is 0 Å². The number of furan rings is 1. The quantitative estimate of drug-likeness (QED) is 0.654. The molecule has 158 valence electrons. The molecule has 7 heteroatoms. The number of carbonyl (C=O) groups excluding carboxylic acids is 2. The van der Waals surface area contributed by atoms with E-state index in [1.807, 2.05) is 18.2 Å². The molecule has 2 aliphatic heterocycles. The molecule has 0 bridgehead atoms. The Kier molecular flexibility index (Phi) is 5.16. The molecule has 2 aliphatic rings. The summed E-state index contributed by atoms with van der Waals surface area (Å²) in [5, 5.41) is 6.59. The third kappa shape index (κ3) is 3.91. The minimum atomic E-state index is -0.586. The molecule has 0 radical (unpaired) electrons. The minimum absolute atomic E-state index is 0.0678. The molecule has 3 aromatic rings. The molecule has 0 N–H and O–H groups in total. The monoisotopic (exact) mass is 417 g/mol. The Morgan fingerprint density at radius 3 is 2.52 bits per heavy atom. The van der Waals surface area contributed by atoms with Crippen LogP contribution in [0.5, 0.6) is 0 Å². The van der Waals surface area contributed by atoms with Gasteiger partial charge >= 0.3 is 0 Å². The van der Waals surface area contributed by atoms with Gasteiger partial charge in [0, 0.05) is 39.0 Å². The van der Waals surface area contributed by atoms with Crippen molar-refractivity contribution in [2.75, 3.05) is 26.2 Å². The van der Waals surface area contributed by atoms with E-state index in [0.717, 1.165) is 5.71 Å². The highest BCUT2D eigenvalue weighted by Gasteiger charge is 2.34. The van der Waals surface area contributed by atoms with Crippen LogP contribution in [0.15, 0.2) is 70.4 Å². The van der Waals surface area contributed by atoms with Crippen LogP contribution in [0.4, 0.5) is 0 Å². The summed E-state index contributed by atoms with van der Waals surface area (Å²) in [6.07, 6.45) is 2.06. The van der Waals surface area contributed by atoms with E-state index in [1.165, 1.54) is 22.6 Å². The highest BCUT2D eigenvalue weighted by molar-refractivity contribution is 5.97. The summed E-state index contributed by atoms with van der Waals surface area (Å²) in [6.45, 7) is 1.90. The van der Waals surface area contributed by atoms with E-state index in [0.29, 0.717) is 44.8 Å². The molecule has 0 saturated carbocycles. The molecular formula is C24H23N3O4. The van der Waals surface area contributed by atoms with Crippen molar-refractivity contribution in [3.05, 3.63) is 72.2 Å². The molecule has 5 rings (SSSR count). The summed E-state index contributed by atoms with van der Waals surface area (Å²) in [7, 11) is 0. The van der Waals surface area contributed by atoms with Gasteiger partial charge in [0.2, 0.25) is 6.10 Å². The zero-order valence-corrected chi connectivity index (χ0v) is 17.1. The predicted molar refractivity (Wildman–Crippen MR) is 116 cm³/mol. The number of piperazine rings is 1. The van der Waals surface area contributed by atoms with Gasteiger partial charge < -0.3 is 19.1 Å². The van der Waals surface area contributed by atoms with Gasteiger partial charge in [-0.1, -0.05) is 47.6 Å². The molecule has 31 heavy (non-hydrogen) atoms. The normalized spacial score (nSPS) is 18.7. The maximum absolute atomic E-state index is 12.9. The van der Waals surface area contributed by atoms with Crippen molar-refractivity contribution in [1.29, 1.82) is 0 Å². The first-order chi connectivity index (χ1) is 15.2. The maximum atomic E-state index is 12.9. The third-order valence-electron chi connectivity index (χ3n) is 5.89. The van der Waals surface area contributed by atoms with Crippen molar-refractivity contribution in [2.24, 2.45) is 5.16 Å². The highest BCUT2D eigenvalue weighted by Crippen LogP contribution is 2.23. The van der Waals surface area contributed by atoms with Crippen molar-refractivity contribution in [1.82, 2.24) is 9.80 Å². The van der Waals surface area contributed by atoms with Crippen LogP contribution in [0.3, 0.4) is 0 Å². The number of fused-ring (bicyclic) bond motifs is 1. The lowest BCUT2D eigenvalue weighted by Crippen LogP contribution is -2.52. The average Bonchev–Trinajstić information content (AvgIpc) is 3.51. The SMILES string of the molecule is O=C(c1ccco1)N1CCN(C(=O)[C@H]2CC(Cc3cccc4ccccc34)=NO2)CC1.